The van der Waals surface area contributed by atoms with Crippen molar-refractivity contribution in [2.75, 3.05) is 0 Å². The molecular formula is C15H22BN2O3. The first-order valence-corrected chi connectivity index (χ1v) is 6.93. The van der Waals surface area contributed by atoms with E-state index in [0.29, 0.717) is 0 Å². The Bertz CT molecular complexity index is 723. The number of rotatable bonds is 4. The van der Waals surface area contributed by atoms with Gasteiger partial charge in [-0.15, -0.1) is 0 Å². The molecule has 113 valence electrons. The Labute approximate surface area is 125 Å². The Hall–Kier alpha value is -1.53. The van der Waals surface area contributed by atoms with Crippen LogP contribution in [0.15, 0.2) is 23.0 Å². The minimum absolute atomic E-state index is 0.0557. The Balaban J connectivity index is 2.29. The summed E-state index contributed by atoms with van der Waals surface area (Å²) in [4.78, 5) is 11.9. The lowest BCUT2D eigenvalue weighted by Gasteiger charge is -2.37. The SMILES string of the molecule is Cn1c(=O)n(C)c2cc([B]OC(C)(C)C(C)(C)O)ccc21. The first-order chi connectivity index (χ1) is 9.54. The van der Waals surface area contributed by atoms with E-state index in [1.807, 2.05) is 32.0 Å². The monoisotopic (exact) mass is 289 g/mol. The fourth-order valence-corrected chi connectivity index (χ4v) is 1.96. The molecule has 0 fully saturated rings. The molecule has 0 bridgehead atoms. The quantitative estimate of drug-likeness (QED) is 0.842. The largest absolute Gasteiger partial charge is 0.427 e. The van der Waals surface area contributed by atoms with Crippen LogP contribution in [-0.2, 0) is 18.7 Å². The van der Waals surface area contributed by atoms with Gasteiger partial charge >= 0.3 is 13.2 Å². The molecule has 0 aliphatic rings. The van der Waals surface area contributed by atoms with Crippen LogP contribution in [-0.4, -0.2) is 32.9 Å². The molecule has 0 saturated carbocycles. The minimum Gasteiger partial charge on any atom is -0.427 e. The van der Waals surface area contributed by atoms with Crippen LogP contribution in [0.1, 0.15) is 27.7 Å². The molecule has 1 heterocycles. The second-order valence-electron chi connectivity index (χ2n) is 6.45. The standard InChI is InChI=1S/C15H22BN2O3/c1-14(2,20)15(3,4)21-16-10-7-8-11-12(9-10)18(6)13(19)17(11)5/h7-9,20H,1-6H3. The van der Waals surface area contributed by atoms with E-state index in [2.05, 4.69) is 0 Å². The fraction of sp³-hybridized carbons (Fsp3) is 0.533. The maximum absolute atomic E-state index is 11.9. The Morgan fingerprint density at radius 1 is 1.10 bits per heavy atom. The molecule has 0 aliphatic heterocycles. The van der Waals surface area contributed by atoms with E-state index in [9.17, 15) is 9.90 Å². The molecule has 0 atom stereocenters. The number of hydrogen-bond donors (Lipinski definition) is 1. The third-order valence-electron chi connectivity index (χ3n) is 4.26. The van der Waals surface area contributed by atoms with E-state index in [1.165, 1.54) is 0 Å². The molecule has 0 amide bonds. The summed E-state index contributed by atoms with van der Waals surface area (Å²) in [5.41, 5.74) is 0.834. The highest BCUT2D eigenvalue weighted by Gasteiger charge is 2.35. The van der Waals surface area contributed by atoms with Crippen LogP contribution in [0.4, 0.5) is 0 Å². The molecular weight excluding hydrogens is 267 g/mol. The molecule has 0 unspecified atom stereocenters. The molecule has 5 nitrogen and oxygen atoms in total. The molecule has 1 aromatic carbocycles. The van der Waals surface area contributed by atoms with Crippen molar-refractivity contribution in [1.82, 2.24) is 9.13 Å². The predicted octanol–water partition coefficient (Wildman–Crippen LogP) is 0.688. The van der Waals surface area contributed by atoms with Crippen LogP contribution in [0.25, 0.3) is 11.0 Å². The van der Waals surface area contributed by atoms with Gasteiger partial charge < -0.3 is 9.76 Å². The van der Waals surface area contributed by atoms with Crippen LogP contribution in [0, 0.1) is 0 Å². The molecule has 1 aromatic heterocycles. The Kier molecular flexibility index (Phi) is 3.80. The minimum atomic E-state index is -0.965. The molecule has 2 rings (SSSR count). The molecule has 0 spiro atoms. The van der Waals surface area contributed by atoms with Crippen LogP contribution in [0.5, 0.6) is 0 Å². The van der Waals surface area contributed by atoms with Gasteiger partial charge in [-0.25, -0.2) is 4.79 Å². The predicted molar refractivity (Wildman–Crippen MR) is 85.0 cm³/mol. The Morgan fingerprint density at radius 2 is 1.67 bits per heavy atom. The van der Waals surface area contributed by atoms with E-state index in [1.54, 1.807) is 44.6 Å². The molecule has 2 aromatic rings. The van der Waals surface area contributed by atoms with Crippen LogP contribution in [0.2, 0.25) is 0 Å². The zero-order valence-corrected chi connectivity index (χ0v) is 13.5. The summed E-state index contributed by atoms with van der Waals surface area (Å²) in [7, 11) is 5.12. The number of aliphatic hydroxyl groups is 1. The van der Waals surface area contributed by atoms with E-state index in [-0.39, 0.29) is 5.69 Å². The highest BCUT2D eigenvalue weighted by Crippen LogP contribution is 2.24. The average Bonchev–Trinajstić information content (AvgIpc) is 2.60. The molecule has 21 heavy (non-hydrogen) atoms. The summed E-state index contributed by atoms with van der Waals surface area (Å²) in [6.45, 7) is 7.09. The van der Waals surface area contributed by atoms with E-state index >= 15 is 0 Å². The average molecular weight is 289 g/mol. The third kappa shape index (κ3) is 2.78. The lowest BCUT2D eigenvalue weighted by atomic mass is 9.82. The van der Waals surface area contributed by atoms with Crippen molar-refractivity contribution in [3.8, 4) is 0 Å². The van der Waals surface area contributed by atoms with Crippen LogP contribution in [0.3, 0.4) is 0 Å². The first-order valence-electron chi connectivity index (χ1n) is 6.93. The lowest BCUT2D eigenvalue weighted by Crippen LogP contribution is -2.49. The maximum atomic E-state index is 11.9. The second-order valence-corrected chi connectivity index (χ2v) is 6.45. The van der Waals surface area contributed by atoms with Crippen LogP contribution < -0.4 is 11.2 Å². The van der Waals surface area contributed by atoms with Crippen molar-refractivity contribution in [3.63, 3.8) is 0 Å². The smallest absolute Gasteiger partial charge is 0.330 e. The zero-order valence-electron chi connectivity index (χ0n) is 13.5. The van der Waals surface area contributed by atoms with Gasteiger partial charge in [-0.05, 0) is 39.8 Å². The molecule has 1 N–H and O–H groups in total. The number of aryl methyl sites for hydroxylation is 2. The van der Waals surface area contributed by atoms with Gasteiger partial charge in [0.1, 0.15) is 0 Å². The molecule has 1 radical (unpaired) electrons. The lowest BCUT2D eigenvalue weighted by molar-refractivity contribution is -0.0893. The van der Waals surface area contributed by atoms with E-state index < -0.39 is 11.2 Å². The van der Waals surface area contributed by atoms with Gasteiger partial charge in [-0.2, -0.15) is 0 Å². The van der Waals surface area contributed by atoms with E-state index in [0.717, 1.165) is 16.5 Å². The van der Waals surface area contributed by atoms with Gasteiger partial charge in [-0.1, -0.05) is 11.5 Å². The summed E-state index contributed by atoms with van der Waals surface area (Å²) >= 11 is 0. The summed E-state index contributed by atoms with van der Waals surface area (Å²) < 4.78 is 8.95. The normalized spacial score (nSPS) is 12.9. The third-order valence-corrected chi connectivity index (χ3v) is 4.26. The van der Waals surface area contributed by atoms with Gasteiger partial charge in [0.05, 0.1) is 22.2 Å². The van der Waals surface area contributed by atoms with Gasteiger partial charge in [0.25, 0.3) is 0 Å². The van der Waals surface area contributed by atoms with E-state index in [4.69, 9.17) is 4.65 Å². The summed E-state index contributed by atoms with van der Waals surface area (Å²) in [6, 6.07) is 5.68. The van der Waals surface area contributed by atoms with Gasteiger partial charge in [0, 0.05) is 14.1 Å². The van der Waals surface area contributed by atoms with Gasteiger partial charge in [0.2, 0.25) is 0 Å². The highest BCUT2D eigenvalue weighted by molar-refractivity contribution is 6.47. The molecule has 0 saturated heterocycles. The van der Waals surface area contributed by atoms with Crippen molar-refractivity contribution in [3.05, 3.63) is 28.7 Å². The molecule has 0 aliphatic carbocycles. The van der Waals surface area contributed by atoms with Crippen molar-refractivity contribution in [2.24, 2.45) is 14.1 Å². The van der Waals surface area contributed by atoms with Crippen LogP contribution >= 0.6 is 0 Å². The second kappa shape index (κ2) is 5.03. The number of benzene rings is 1. The van der Waals surface area contributed by atoms with Crippen molar-refractivity contribution in [1.29, 1.82) is 0 Å². The highest BCUT2D eigenvalue weighted by atomic mass is 16.5. The number of nitrogens with zero attached hydrogens (tertiary/aromatic N) is 2. The fourth-order valence-electron chi connectivity index (χ4n) is 1.96. The summed E-state index contributed by atoms with van der Waals surface area (Å²) in [5.74, 6) is 0. The number of imidazole rings is 1. The first kappa shape index (κ1) is 15.9. The molecule has 6 heteroatoms. The number of hydrogen-bond acceptors (Lipinski definition) is 3. The number of aromatic nitrogens is 2. The van der Waals surface area contributed by atoms with Crippen molar-refractivity contribution >= 4 is 24.0 Å². The summed E-state index contributed by atoms with van der Waals surface area (Å²) in [6.07, 6.45) is 0. The van der Waals surface area contributed by atoms with Gasteiger partial charge in [0.15, 0.2) is 0 Å². The summed E-state index contributed by atoms with van der Waals surface area (Å²) in [5, 5.41) is 10.1. The zero-order chi connectivity index (χ0) is 16.0. The van der Waals surface area contributed by atoms with Crippen molar-refractivity contribution < 1.29 is 9.76 Å². The van der Waals surface area contributed by atoms with Gasteiger partial charge in [-0.3, -0.25) is 9.13 Å². The van der Waals surface area contributed by atoms with Crippen molar-refractivity contribution in [2.45, 2.75) is 38.9 Å². The Morgan fingerprint density at radius 3 is 2.24 bits per heavy atom. The number of fused-ring (bicyclic) bond motifs is 1. The topological polar surface area (TPSA) is 56.4 Å². The maximum Gasteiger partial charge on any atom is 0.330 e.